The van der Waals surface area contributed by atoms with Gasteiger partial charge >= 0.3 is 11.9 Å². The number of hydrogen-bond acceptors (Lipinski definition) is 10. The fourth-order valence-corrected chi connectivity index (χ4v) is 7.00. The fourth-order valence-electron chi connectivity index (χ4n) is 7.00. The van der Waals surface area contributed by atoms with Crippen molar-refractivity contribution in [3.05, 3.63) is 60.8 Å². The largest absolute Gasteiger partial charge is 0.462 e. The highest BCUT2D eigenvalue weighted by atomic mass is 16.7. The third-order valence-electron chi connectivity index (χ3n) is 10.9. The molecule has 0 aromatic heterocycles. The molecule has 0 aliphatic carbocycles. The van der Waals surface area contributed by atoms with Gasteiger partial charge in [0.15, 0.2) is 12.4 Å². The average molecular weight is 861 g/mol. The Kier molecular flexibility index (Phi) is 38.3. The Morgan fingerprint density at radius 2 is 0.934 bits per heavy atom. The van der Waals surface area contributed by atoms with Gasteiger partial charge in [-0.05, 0) is 77.0 Å². The summed E-state index contributed by atoms with van der Waals surface area (Å²) in [4.78, 5) is 25.4. The van der Waals surface area contributed by atoms with Gasteiger partial charge in [-0.15, -0.1) is 0 Å². The van der Waals surface area contributed by atoms with E-state index in [4.69, 9.17) is 18.9 Å². The quantitative estimate of drug-likeness (QED) is 0.0266. The molecule has 1 rings (SSSR count). The van der Waals surface area contributed by atoms with Crippen molar-refractivity contribution in [2.75, 3.05) is 19.8 Å². The van der Waals surface area contributed by atoms with Crippen LogP contribution in [0.1, 0.15) is 194 Å². The molecule has 0 radical (unpaired) electrons. The zero-order valence-corrected chi connectivity index (χ0v) is 38.4. The summed E-state index contributed by atoms with van der Waals surface area (Å²) in [7, 11) is 0. The lowest BCUT2D eigenvalue weighted by molar-refractivity contribution is -0.305. The van der Waals surface area contributed by atoms with E-state index in [-0.39, 0.29) is 26.1 Å². The summed E-state index contributed by atoms with van der Waals surface area (Å²) < 4.78 is 22.1. The number of ether oxygens (including phenoxy) is 4. The lowest BCUT2D eigenvalue weighted by atomic mass is 9.99. The normalized spacial score (nSPS) is 20.3. The molecule has 0 bridgehead atoms. The molecule has 0 spiro atoms. The number of hydrogen-bond donors (Lipinski definition) is 4. The maximum atomic E-state index is 12.8. The van der Waals surface area contributed by atoms with Gasteiger partial charge in [-0.3, -0.25) is 9.59 Å². The number of esters is 2. The van der Waals surface area contributed by atoms with Crippen LogP contribution in [0.15, 0.2) is 60.8 Å². The maximum Gasteiger partial charge on any atom is 0.306 e. The standard InChI is InChI=1S/C51H88O10/c1-3-5-7-9-11-13-15-17-19-20-21-22-23-24-26-27-29-31-33-35-37-39-46(53)58-42-44(43-59-51-50(57)49(56)48(55)45(41-52)61-51)60-47(54)40-38-36-34-32-30-28-25-18-16-14-12-10-8-6-4-2/h14,16,19-20,22-23,26-27,31,33,44-45,48-52,55-57H,3-13,15,17-18,21,24-25,28-30,32,34-43H2,1-2H3/b16-14+,20-19+,23-22+,27-26+,33-31+/t44-,45-,48+,49?,50?,51-/m0/s1. The van der Waals surface area contributed by atoms with Crippen molar-refractivity contribution in [2.24, 2.45) is 0 Å². The van der Waals surface area contributed by atoms with E-state index >= 15 is 0 Å². The summed E-state index contributed by atoms with van der Waals surface area (Å²) >= 11 is 0. The van der Waals surface area contributed by atoms with Crippen molar-refractivity contribution in [3.63, 3.8) is 0 Å². The van der Waals surface area contributed by atoms with Crippen LogP contribution in [0, 0.1) is 0 Å². The molecule has 1 aliphatic rings. The smallest absolute Gasteiger partial charge is 0.306 e. The van der Waals surface area contributed by atoms with Gasteiger partial charge < -0.3 is 39.4 Å². The van der Waals surface area contributed by atoms with Crippen LogP contribution in [0.3, 0.4) is 0 Å². The SMILES string of the molecule is CCCCCC/C=C/CCCCCCCCCC(=O)O[C@@H](COC(=O)CCC/C=C/C/C=C/C/C=C/C/C=C/CCCCCCCCC)CO[C@H]1O[C@@H](CO)[C@@H](O)C(O)C1O. The molecule has 2 unspecified atom stereocenters. The van der Waals surface area contributed by atoms with E-state index in [9.17, 15) is 30.0 Å². The first-order chi connectivity index (χ1) is 29.8. The number of allylic oxidation sites excluding steroid dienone is 10. The number of carbonyl (C=O) groups is 2. The van der Waals surface area contributed by atoms with E-state index in [1.54, 1.807) is 0 Å². The Labute approximate surface area is 370 Å². The molecule has 0 amide bonds. The van der Waals surface area contributed by atoms with Crippen LogP contribution in [0.5, 0.6) is 0 Å². The molecule has 0 aromatic carbocycles. The molecule has 0 saturated carbocycles. The number of aliphatic hydroxyl groups is 4. The first-order valence-electron chi connectivity index (χ1n) is 24.4. The van der Waals surface area contributed by atoms with E-state index in [0.717, 1.165) is 51.4 Å². The van der Waals surface area contributed by atoms with Gasteiger partial charge in [-0.25, -0.2) is 0 Å². The van der Waals surface area contributed by atoms with Gasteiger partial charge in [0.25, 0.3) is 0 Å². The van der Waals surface area contributed by atoms with E-state index in [1.165, 1.54) is 103 Å². The molecular formula is C51H88O10. The molecule has 10 nitrogen and oxygen atoms in total. The van der Waals surface area contributed by atoms with Crippen LogP contribution < -0.4 is 0 Å². The summed E-state index contributed by atoms with van der Waals surface area (Å²) in [6, 6.07) is 0. The van der Waals surface area contributed by atoms with Gasteiger partial charge in [-0.2, -0.15) is 0 Å². The predicted molar refractivity (Wildman–Crippen MR) is 247 cm³/mol. The van der Waals surface area contributed by atoms with Gasteiger partial charge in [0.05, 0.1) is 13.2 Å². The van der Waals surface area contributed by atoms with Crippen molar-refractivity contribution in [1.29, 1.82) is 0 Å². The van der Waals surface area contributed by atoms with Crippen molar-refractivity contribution < 1.29 is 49.0 Å². The first kappa shape index (κ1) is 56.4. The molecular weight excluding hydrogens is 773 g/mol. The van der Waals surface area contributed by atoms with E-state index in [0.29, 0.717) is 12.8 Å². The van der Waals surface area contributed by atoms with Gasteiger partial charge in [0.1, 0.15) is 31.0 Å². The fraction of sp³-hybridized carbons (Fsp3) is 0.765. The number of rotatable bonds is 40. The lowest BCUT2D eigenvalue weighted by Crippen LogP contribution is -2.59. The minimum absolute atomic E-state index is 0.197. The highest BCUT2D eigenvalue weighted by Gasteiger charge is 2.44. The molecule has 1 saturated heterocycles. The first-order valence-corrected chi connectivity index (χ1v) is 24.4. The minimum atomic E-state index is -1.61. The van der Waals surface area contributed by atoms with E-state index < -0.39 is 55.4 Å². The number of unbranched alkanes of at least 4 members (excludes halogenated alkanes) is 19. The van der Waals surface area contributed by atoms with Crippen molar-refractivity contribution >= 4 is 11.9 Å². The van der Waals surface area contributed by atoms with E-state index in [2.05, 4.69) is 74.6 Å². The zero-order chi connectivity index (χ0) is 44.4. The van der Waals surface area contributed by atoms with Crippen LogP contribution in [-0.4, -0.2) is 89.0 Å². The summed E-state index contributed by atoms with van der Waals surface area (Å²) in [5.74, 6) is -0.878. The van der Waals surface area contributed by atoms with E-state index in [1.807, 2.05) is 0 Å². The zero-order valence-electron chi connectivity index (χ0n) is 38.4. The Morgan fingerprint density at radius 1 is 0.508 bits per heavy atom. The molecule has 6 atom stereocenters. The Bertz CT molecular complexity index is 1180. The third kappa shape index (κ3) is 32.7. The van der Waals surface area contributed by atoms with Crippen molar-refractivity contribution in [1.82, 2.24) is 0 Å². The molecule has 1 heterocycles. The molecule has 0 aromatic rings. The predicted octanol–water partition coefficient (Wildman–Crippen LogP) is 11.0. The summed E-state index contributed by atoms with van der Waals surface area (Å²) in [5, 5.41) is 40.1. The van der Waals surface area contributed by atoms with Crippen molar-refractivity contribution in [3.8, 4) is 0 Å². The topological polar surface area (TPSA) is 152 Å². The summed E-state index contributed by atoms with van der Waals surface area (Å²) in [6.45, 7) is 3.35. The molecule has 1 fully saturated rings. The summed E-state index contributed by atoms with van der Waals surface area (Å²) in [5.41, 5.74) is 0. The van der Waals surface area contributed by atoms with Crippen LogP contribution in [0.25, 0.3) is 0 Å². The van der Waals surface area contributed by atoms with Gasteiger partial charge in [0, 0.05) is 12.8 Å². The number of carbonyl (C=O) groups excluding carboxylic acids is 2. The number of aliphatic hydroxyl groups excluding tert-OH is 4. The van der Waals surface area contributed by atoms with Crippen molar-refractivity contribution in [2.45, 2.75) is 230 Å². The van der Waals surface area contributed by atoms with Crippen LogP contribution >= 0.6 is 0 Å². The molecule has 352 valence electrons. The molecule has 61 heavy (non-hydrogen) atoms. The summed E-state index contributed by atoms with van der Waals surface area (Å²) in [6.07, 6.45) is 43.7. The Morgan fingerprint density at radius 3 is 1.46 bits per heavy atom. The third-order valence-corrected chi connectivity index (χ3v) is 10.9. The second-order valence-corrected chi connectivity index (χ2v) is 16.6. The Balaban J connectivity index is 2.34. The Hall–Kier alpha value is -2.60. The monoisotopic (exact) mass is 861 g/mol. The van der Waals surface area contributed by atoms with Crippen LogP contribution in [0.2, 0.25) is 0 Å². The second-order valence-electron chi connectivity index (χ2n) is 16.6. The molecule has 1 aliphatic heterocycles. The van der Waals surface area contributed by atoms with Gasteiger partial charge in [-0.1, -0.05) is 164 Å². The highest BCUT2D eigenvalue weighted by molar-refractivity contribution is 5.70. The highest BCUT2D eigenvalue weighted by Crippen LogP contribution is 2.22. The average Bonchev–Trinajstić information content (AvgIpc) is 3.26. The van der Waals surface area contributed by atoms with Crippen LogP contribution in [0.4, 0.5) is 0 Å². The molecule has 10 heteroatoms. The second kappa shape index (κ2) is 41.4. The minimum Gasteiger partial charge on any atom is -0.462 e. The van der Waals surface area contributed by atoms with Gasteiger partial charge in [0.2, 0.25) is 0 Å². The maximum absolute atomic E-state index is 12.8. The molecule has 4 N–H and O–H groups in total. The lowest BCUT2D eigenvalue weighted by Gasteiger charge is -2.39. The van der Waals surface area contributed by atoms with Crippen LogP contribution in [-0.2, 0) is 28.5 Å².